The Bertz CT molecular complexity index is 536. The Morgan fingerprint density at radius 2 is 2.19 bits per heavy atom. The number of nitrogens with two attached hydrogens (primary N) is 1. The van der Waals surface area contributed by atoms with Crippen molar-refractivity contribution < 1.29 is 4.74 Å². The topological polar surface area (TPSA) is 81.0 Å². The molecule has 0 atom stereocenters. The Balaban J connectivity index is 2.31. The molecule has 1 aromatic heterocycles. The van der Waals surface area contributed by atoms with Crippen molar-refractivity contribution in [2.75, 3.05) is 13.2 Å². The van der Waals surface area contributed by atoms with Crippen LogP contribution in [0.25, 0.3) is 10.9 Å². The fourth-order valence-corrected chi connectivity index (χ4v) is 1.46. The van der Waals surface area contributed by atoms with Gasteiger partial charge in [-0.05, 0) is 12.1 Å². The Morgan fingerprint density at radius 3 is 3.00 bits per heavy atom. The molecule has 0 unspecified atom stereocenters. The van der Waals surface area contributed by atoms with Crippen LogP contribution in [0.5, 0.6) is 0 Å². The molecule has 0 spiro atoms. The molecule has 5 nitrogen and oxygen atoms in total. The van der Waals surface area contributed by atoms with Gasteiger partial charge in [0.2, 0.25) is 0 Å². The first-order valence-electron chi connectivity index (χ1n) is 5.07. The number of para-hydroxylation sites is 1. The Morgan fingerprint density at radius 1 is 1.38 bits per heavy atom. The van der Waals surface area contributed by atoms with Gasteiger partial charge in [-0.15, -0.1) is 0 Å². The van der Waals surface area contributed by atoms with E-state index in [4.69, 9.17) is 10.5 Å². The number of nitrogens with zero attached hydrogens (tertiary/aromatic N) is 1. The molecule has 0 amide bonds. The molecule has 0 saturated heterocycles. The Hall–Kier alpha value is -1.72. The first-order chi connectivity index (χ1) is 7.81. The van der Waals surface area contributed by atoms with Crippen molar-refractivity contribution in [3.05, 3.63) is 40.4 Å². The standard InChI is InChI=1S/C11H13N3O2/c12-5-6-16-7-10-13-9-4-2-1-3-8(9)11(15)14-10/h1-4H,5-7,12H2,(H,13,14,15). The van der Waals surface area contributed by atoms with Gasteiger partial charge in [-0.25, -0.2) is 4.98 Å². The molecular formula is C11H13N3O2. The molecule has 0 saturated carbocycles. The highest BCUT2D eigenvalue weighted by atomic mass is 16.5. The molecule has 0 radical (unpaired) electrons. The van der Waals surface area contributed by atoms with Gasteiger partial charge in [0.1, 0.15) is 12.4 Å². The highest BCUT2D eigenvalue weighted by Gasteiger charge is 2.02. The van der Waals surface area contributed by atoms with Gasteiger partial charge in [0, 0.05) is 6.54 Å². The van der Waals surface area contributed by atoms with Gasteiger partial charge in [-0.2, -0.15) is 0 Å². The number of rotatable bonds is 4. The van der Waals surface area contributed by atoms with E-state index in [-0.39, 0.29) is 12.2 Å². The number of fused-ring (bicyclic) bond motifs is 1. The summed E-state index contributed by atoms with van der Waals surface area (Å²) in [5.41, 5.74) is 5.83. The van der Waals surface area contributed by atoms with Gasteiger partial charge in [0.15, 0.2) is 0 Å². The van der Waals surface area contributed by atoms with Crippen molar-refractivity contribution in [2.24, 2.45) is 5.73 Å². The van der Waals surface area contributed by atoms with Crippen LogP contribution in [-0.2, 0) is 11.3 Å². The summed E-state index contributed by atoms with van der Waals surface area (Å²) < 4.78 is 5.22. The van der Waals surface area contributed by atoms with Crippen LogP contribution in [0.3, 0.4) is 0 Å². The van der Waals surface area contributed by atoms with Gasteiger partial charge in [-0.1, -0.05) is 12.1 Å². The minimum atomic E-state index is -0.142. The Labute approximate surface area is 92.3 Å². The summed E-state index contributed by atoms with van der Waals surface area (Å²) in [5, 5.41) is 0.588. The summed E-state index contributed by atoms with van der Waals surface area (Å²) in [7, 11) is 0. The molecule has 0 bridgehead atoms. The zero-order chi connectivity index (χ0) is 11.4. The van der Waals surface area contributed by atoms with E-state index in [9.17, 15) is 4.79 Å². The smallest absolute Gasteiger partial charge is 0.258 e. The number of hydrogen-bond donors (Lipinski definition) is 2. The van der Waals surface area contributed by atoms with Crippen LogP contribution in [-0.4, -0.2) is 23.1 Å². The van der Waals surface area contributed by atoms with E-state index in [1.807, 2.05) is 12.1 Å². The predicted molar refractivity (Wildman–Crippen MR) is 61.1 cm³/mol. The number of nitrogens with one attached hydrogen (secondary N) is 1. The maximum atomic E-state index is 11.7. The van der Waals surface area contributed by atoms with Gasteiger partial charge < -0.3 is 15.5 Å². The number of H-pyrrole nitrogens is 1. The minimum absolute atomic E-state index is 0.142. The average Bonchev–Trinajstić information content (AvgIpc) is 2.30. The van der Waals surface area contributed by atoms with Gasteiger partial charge in [0.05, 0.1) is 17.5 Å². The first-order valence-corrected chi connectivity index (χ1v) is 5.07. The van der Waals surface area contributed by atoms with E-state index >= 15 is 0 Å². The van der Waals surface area contributed by atoms with Crippen LogP contribution >= 0.6 is 0 Å². The second kappa shape index (κ2) is 4.87. The highest BCUT2D eigenvalue weighted by molar-refractivity contribution is 5.77. The zero-order valence-corrected chi connectivity index (χ0v) is 8.77. The SMILES string of the molecule is NCCOCc1nc2ccccc2c(=O)[nH]1. The highest BCUT2D eigenvalue weighted by Crippen LogP contribution is 2.05. The molecule has 0 aliphatic rings. The van der Waals surface area contributed by atoms with Crippen LogP contribution in [0.15, 0.2) is 29.1 Å². The van der Waals surface area contributed by atoms with Gasteiger partial charge in [-0.3, -0.25) is 4.79 Å². The van der Waals surface area contributed by atoms with Crippen molar-refractivity contribution in [3.63, 3.8) is 0 Å². The monoisotopic (exact) mass is 219 g/mol. The normalized spacial score (nSPS) is 10.8. The second-order valence-corrected chi connectivity index (χ2v) is 3.37. The summed E-state index contributed by atoms with van der Waals surface area (Å²) >= 11 is 0. The lowest BCUT2D eigenvalue weighted by molar-refractivity contribution is 0.122. The summed E-state index contributed by atoms with van der Waals surface area (Å²) in [4.78, 5) is 18.6. The molecule has 1 heterocycles. The Kier molecular flexibility index (Phi) is 3.28. The third kappa shape index (κ3) is 2.26. The van der Waals surface area contributed by atoms with Crippen LogP contribution < -0.4 is 11.3 Å². The molecule has 5 heteroatoms. The van der Waals surface area contributed by atoms with Crippen LogP contribution in [0.4, 0.5) is 0 Å². The molecule has 3 N–H and O–H groups in total. The molecule has 0 aliphatic heterocycles. The van der Waals surface area contributed by atoms with Crippen molar-refractivity contribution >= 4 is 10.9 Å². The van der Waals surface area contributed by atoms with E-state index < -0.39 is 0 Å². The third-order valence-electron chi connectivity index (χ3n) is 2.16. The van der Waals surface area contributed by atoms with E-state index in [1.54, 1.807) is 12.1 Å². The molecule has 2 rings (SSSR count). The lowest BCUT2D eigenvalue weighted by Gasteiger charge is -2.03. The molecule has 16 heavy (non-hydrogen) atoms. The van der Waals surface area contributed by atoms with Crippen molar-refractivity contribution in [2.45, 2.75) is 6.61 Å². The number of aromatic nitrogens is 2. The molecule has 84 valence electrons. The molecule has 0 aliphatic carbocycles. The summed E-state index contributed by atoms with van der Waals surface area (Å²) in [5.74, 6) is 0.525. The van der Waals surface area contributed by atoms with E-state index in [0.717, 1.165) is 0 Å². The maximum Gasteiger partial charge on any atom is 0.258 e. The van der Waals surface area contributed by atoms with Gasteiger partial charge >= 0.3 is 0 Å². The lowest BCUT2D eigenvalue weighted by Crippen LogP contribution is -2.14. The average molecular weight is 219 g/mol. The fraction of sp³-hybridized carbons (Fsp3) is 0.273. The van der Waals surface area contributed by atoms with Crippen molar-refractivity contribution in [1.29, 1.82) is 0 Å². The minimum Gasteiger partial charge on any atom is -0.372 e. The van der Waals surface area contributed by atoms with E-state index in [0.29, 0.717) is 29.9 Å². The molecule has 1 aromatic carbocycles. The first kappa shape index (κ1) is 10.8. The van der Waals surface area contributed by atoms with Crippen LogP contribution in [0.2, 0.25) is 0 Å². The zero-order valence-electron chi connectivity index (χ0n) is 8.77. The molecular weight excluding hydrogens is 206 g/mol. The van der Waals surface area contributed by atoms with Crippen molar-refractivity contribution in [1.82, 2.24) is 9.97 Å². The second-order valence-electron chi connectivity index (χ2n) is 3.37. The van der Waals surface area contributed by atoms with E-state index in [1.165, 1.54) is 0 Å². The van der Waals surface area contributed by atoms with Crippen molar-refractivity contribution in [3.8, 4) is 0 Å². The summed E-state index contributed by atoms with van der Waals surface area (Å²) in [6, 6.07) is 7.20. The van der Waals surface area contributed by atoms with E-state index in [2.05, 4.69) is 9.97 Å². The summed E-state index contributed by atoms with van der Waals surface area (Å²) in [6.45, 7) is 1.19. The predicted octanol–water partition coefficient (Wildman–Crippen LogP) is 0.398. The third-order valence-corrected chi connectivity index (χ3v) is 2.16. The van der Waals surface area contributed by atoms with Crippen LogP contribution in [0.1, 0.15) is 5.82 Å². The lowest BCUT2D eigenvalue weighted by atomic mass is 10.2. The number of ether oxygens (including phenoxy) is 1. The quantitative estimate of drug-likeness (QED) is 0.729. The number of benzene rings is 1. The molecule has 0 fully saturated rings. The number of hydrogen-bond acceptors (Lipinski definition) is 4. The fourth-order valence-electron chi connectivity index (χ4n) is 1.46. The number of aromatic amines is 1. The largest absolute Gasteiger partial charge is 0.372 e. The molecule has 2 aromatic rings. The summed E-state index contributed by atoms with van der Waals surface area (Å²) in [6.07, 6.45) is 0. The maximum absolute atomic E-state index is 11.7. The van der Waals surface area contributed by atoms with Crippen LogP contribution in [0, 0.1) is 0 Å². The van der Waals surface area contributed by atoms with Gasteiger partial charge in [0.25, 0.3) is 5.56 Å².